The van der Waals surface area contributed by atoms with Gasteiger partial charge in [-0.3, -0.25) is 0 Å². The first kappa shape index (κ1) is 31.9. The van der Waals surface area contributed by atoms with Crippen LogP contribution in [0.15, 0.2) is 199 Å². The van der Waals surface area contributed by atoms with Crippen molar-refractivity contribution in [2.24, 2.45) is 0 Å². The summed E-state index contributed by atoms with van der Waals surface area (Å²) in [6.45, 7) is 0. The zero-order chi connectivity index (χ0) is 37.0. The van der Waals surface area contributed by atoms with Gasteiger partial charge in [-0.15, -0.1) is 0 Å². The first-order valence-corrected chi connectivity index (χ1v) is 18.8. The van der Waals surface area contributed by atoms with Crippen molar-refractivity contribution in [3.05, 3.63) is 194 Å². The maximum absolute atomic E-state index is 7.06. The van der Waals surface area contributed by atoms with Gasteiger partial charge in [-0.1, -0.05) is 164 Å². The molecule has 0 unspecified atom stereocenters. The monoisotopic (exact) mass is 716 g/mol. The van der Waals surface area contributed by atoms with E-state index >= 15 is 0 Å². The van der Waals surface area contributed by atoms with Gasteiger partial charge in [-0.05, 0) is 52.6 Å². The van der Waals surface area contributed by atoms with Crippen LogP contribution in [0.2, 0.25) is 0 Å². The summed E-state index contributed by atoms with van der Waals surface area (Å²) in [5.41, 5.74) is 11.9. The van der Waals surface area contributed by atoms with Crippen molar-refractivity contribution in [3.63, 3.8) is 0 Å². The Kier molecular flexibility index (Phi) is 7.42. The fourth-order valence-electron chi connectivity index (χ4n) is 8.03. The van der Waals surface area contributed by atoms with Gasteiger partial charge in [0.25, 0.3) is 0 Å². The van der Waals surface area contributed by atoms with E-state index < -0.39 is 0 Å². The summed E-state index contributed by atoms with van der Waals surface area (Å²) in [6.07, 6.45) is 0. The molecule has 0 atom stereocenters. The number of para-hydroxylation sites is 3. The quantitative estimate of drug-likeness (QED) is 0.172. The molecule has 0 radical (unpaired) electrons. The van der Waals surface area contributed by atoms with Gasteiger partial charge in [0.15, 0.2) is 23.1 Å². The molecule has 11 aromatic rings. The third-order valence-electron chi connectivity index (χ3n) is 10.7. The number of hydrogen-bond acceptors (Lipinski definition) is 4. The van der Waals surface area contributed by atoms with Crippen LogP contribution >= 0.6 is 0 Å². The Labute approximate surface area is 322 Å². The molecule has 0 saturated carbocycles. The number of benzene rings is 8. The van der Waals surface area contributed by atoms with Gasteiger partial charge in [0.2, 0.25) is 0 Å². The third-order valence-corrected chi connectivity index (χ3v) is 10.7. The number of aromatic nitrogens is 4. The molecule has 0 aliphatic rings. The molecule has 56 heavy (non-hydrogen) atoms. The fraction of sp³-hybridized carbons (Fsp3) is 0. The van der Waals surface area contributed by atoms with Gasteiger partial charge < -0.3 is 8.98 Å². The van der Waals surface area contributed by atoms with Crippen LogP contribution in [0.25, 0.3) is 106 Å². The number of rotatable bonds is 6. The molecule has 8 aromatic carbocycles. The van der Waals surface area contributed by atoms with Gasteiger partial charge >= 0.3 is 0 Å². The molecular formula is C51H32N4O. The molecule has 5 heteroatoms. The molecule has 0 aliphatic carbocycles. The molecule has 262 valence electrons. The average molecular weight is 717 g/mol. The fourth-order valence-corrected chi connectivity index (χ4v) is 8.03. The van der Waals surface area contributed by atoms with Crippen molar-refractivity contribution in [2.45, 2.75) is 0 Å². The molecule has 0 spiro atoms. The lowest BCUT2D eigenvalue weighted by Gasteiger charge is -2.11. The number of hydrogen-bond donors (Lipinski definition) is 0. The van der Waals surface area contributed by atoms with Crippen molar-refractivity contribution in [2.75, 3.05) is 0 Å². The summed E-state index contributed by atoms with van der Waals surface area (Å²) in [7, 11) is 0. The van der Waals surface area contributed by atoms with Gasteiger partial charge in [0.05, 0.1) is 16.7 Å². The minimum absolute atomic E-state index is 0.579. The maximum Gasteiger partial charge on any atom is 0.164 e. The largest absolute Gasteiger partial charge is 0.454 e. The summed E-state index contributed by atoms with van der Waals surface area (Å²) >= 11 is 0. The van der Waals surface area contributed by atoms with E-state index in [1.807, 2.05) is 66.7 Å². The zero-order valence-electron chi connectivity index (χ0n) is 30.2. The predicted octanol–water partition coefficient (Wildman–Crippen LogP) is 13.2. The van der Waals surface area contributed by atoms with Crippen molar-refractivity contribution < 1.29 is 4.42 Å². The molecule has 5 nitrogen and oxygen atoms in total. The second-order valence-corrected chi connectivity index (χ2v) is 14.0. The average Bonchev–Trinajstić information content (AvgIpc) is 3.83. The van der Waals surface area contributed by atoms with Gasteiger partial charge in [-0.2, -0.15) is 0 Å². The van der Waals surface area contributed by atoms with Crippen LogP contribution in [0.4, 0.5) is 0 Å². The van der Waals surface area contributed by atoms with E-state index in [-0.39, 0.29) is 0 Å². The molecule has 0 fully saturated rings. The molecule has 0 bridgehead atoms. The Hall–Kier alpha value is -7.63. The lowest BCUT2D eigenvalue weighted by atomic mass is 9.96. The minimum Gasteiger partial charge on any atom is -0.454 e. The van der Waals surface area contributed by atoms with Gasteiger partial charge in [0, 0.05) is 38.2 Å². The SMILES string of the molecule is c1ccc(-c2ccc(-c3cc(-c4nc(-c5ccccc5)nc(-c5ccccc5)n4)c4c(c3)oc3c(-n5c6ccccc6c6ccccc65)cccc34)cc2)cc1. The van der Waals surface area contributed by atoms with E-state index in [9.17, 15) is 0 Å². The van der Waals surface area contributed by atoms with Gasteiger partial charge in [-0.25, -0.2) is 15.0 Å². The van der Waals surface area contributed by atoms with Crippen LogP contribution in [0.3, 0.4) is 0 Å². The van der Waals surface area contributed by atoms with Crippen LogP contribution < -0.4 is 0 Å². The number of furan rings is 1. The Morgan fingerprint density at radius 2 is 0.821 bits per heavy atom. The highest BCUT2D eigenvalue weighted by Gasteiger charge is 2.23. The van der Waals surface area contributed by atoms with Crippen LogP contribution in [-0.2, 0) is 0 Å². The van der Waals surface area contributed by atoms with Crippen molar-refractivity contribution >= 4 is 43.7 Å². The van der Waals surface area contributed by atoms with Crippen LogP contribution in [0.1, 0.15) is 0 Å². The van der Waals surface area contributed by atoms with Crippen molar-refractivity contribution in [1.29, 1.82) is 0 Å². The molecule has 0 amide bonds. The molecule has 11 rings (SSSR count). The van der Waals surface area contributed by atoms with E-state index in [1.165, 1.54) is 16.3 Å². The molecule has 3 aromatic heterocycles. The zero-order valence-corrected chi connectivity index (χ0v) is 30.2. The topological polar surface area (TPSA) is 56.7 Å². The Balaban J connectivity index is 1.20. The van der Waals surface area contributed by atoms with E-state index in [4.69, 9.17) is 19.4 Å². The Morgan fingerprint density at radius 1 is 0.357 bits per heavy atom. The van der Waals surface area contributed by atoms with Gasteiger partial charge in [0.1, 0.15) is 5.58 Å². The first-order chi connectivity index (χ1) is 27.8. The first-order valence-electron chi connectivity index (χ1n) is 18.8. The number of nitrogens with zero attached hydrogens (tertiary/aromatic N) is 4. The van der Waals surface area contributed by atoms with Crippen LogP contribution in [0.5, 0.6) is 0 Å². The second kappa shape index (κ2) is 13.0. The molecule has 0 aliphatic heterocycles. The van der Waals surface area contributed by atoms with Crippen LogP contribution in [-0.4, -0.2) is 19.5 Å². The summed E-state index contributed by atoms with van der Waals surface area (Å²) in [6, 6.07) is 67.3. The highest BCUT2D eigenvalue weighted by molar-refractivity contribution is 6.16. The Morgan fingerprint density at radius 3 is 1.41 bits per heavy atom. The predicted molar refractivity (Wildman–Crippen MR) is 229 cm³/mol. The molecule has 3 heterocycles. The standard InChI is InChI=1S/C51H32N4O/c1-4-15-33(16-5-1)34-27-29-35(30-28-34)38-31-42(51-53-49(36-17-6-2-7-18-36)52-50(54-51)37-19-8-3-9-20-37)47-41-23-14-26-45(48(41)56-46(47)32-38)55-43-24-12-10-21-39(43)40-22-11-13-25-44(40)55/h1-32H. The maximum atomic E-state index is 7.06. The number of fused-ring (bicyclic) bond motifs is 6. The van der Waals surface area contributed by atoms with E-state index in [1.54, 1.807) is 0 Å². The lowest BCUT2D eigenvalue weighted by molar-refractivity contribution is 0.666. The normalized spacial score (nSPS) is 11.6. The highest BCUT2D eigenvalue weighted by Crippen LogP contribution is 2.43. The Bertz CT molecular complexity index is 3110. The highest BCUT2D eigenvalue weighted by atomic mass is 16.3. The molecular weight excluding hydrogens is 685 g/mol. The summed E-state index contributed by atoms with van der Waals surface area (Å²) < 4.78 is 9.38. The third kappa shape index (κ3) is 5.29. The smallest absolute Gasteiger partial charge is 0.164 e. The van der Waals surface area contributed by atoms with E-state index in [0.29, 0.717) is 17.5 Å². The summed E-state index contributed by atoms with van der Waals surface area (Å²) in [5.74, 6) is 1.80. The second-order valence-electron chi connectivity index (χ2n) is 14.0. The summed E-state index contributed by atoms with van der Waals surface area (Å²) in [4.78, 5) is 15.4. The van der Waals surface area contributed by atoms with E-state index in [0.717, 1.165) is 72.0 Å². The van der Waals surface area contributed by atoms with Crippen LogP contribution in [0, 0.1) is 0 Å². The van der Waals surface area contributed by atoms with E-state index in [2.05, 4.69) is 132 Å². The lowest BCUT2D eigenvalue weighted by Crippen LogP contribution is -2.00. The summed E-state index contributed by atoms with van der Waals surface area (Å²) in [5, 5.41) is 4.34. The molecule has 0 N–H and O–H groups in total. The minimum atomic E-state index is 0.579. The van der Waals surface area contributed by atoms with Crippen molar-refractivity contribution in [3.8, 4) is 62.1 Å². The van der Waals surface area contributed by atoms with Crippen molar-refractivity contribution in [1.82, 2.24) is 19.5 Å². The molecule has 0 saturated heterocycles.